The second-order valence-corrected chi connectivity index (χ2v) is 7.66. The van der Waals surface area contributed by atoms with Crippen LogP contribution in [0.15, 0.2) is 49.1 Å². The van der Waals surface area contributed by atoms with E-state index in [4.69, 9.17) is 0 Å². The summed E-state index contributed by atoms with van der Waals surface area (Å²) in [4.78, 5) is 7.05. The van der Waals surface area contributed by atoms with E-state index in [1.54, 1.807) is 0 Å². The van der Waals surface area contributed by atoms with Crippen molar-refractivity contribution in [3.63, 3.8) is 0 Å². The first-order valence-electron chi connectivity index (χ1n) is 10.0. The van der Waals surface area contributed by atoms with Crippen LogP contribution in [0.1, 0.15) is 37.4 Å². The molecule has 5 heteroatoms. The van der Waals surface area contributed by atoms with Crippen molar-refractivity contribution < 1.29 is 0 Å². The Morgan fingerprint density at radius 1 is 1.04 bits per heavy atom. The SMILES string of the molecule is Cc1c(-c2cncn2CC(C)N2CCCCC2)cnn1Cc1ccccc1. The minimum Gasteiger partial charge on any atom is -0.329 e. The summed E-state index contributed by atoms with van der Waals surface area (Å²) in [6.45, 7) is 8.69. The summed E-state index contributed by atoms with van der Waals surface area (Å²) < 4.78 is 4.37. The number of hydrogen-bond donors (Lipinski definition) is 0. The zero-order valence-corrected chi connectivity index (χ0v) is 16.4. The van der Waals surface area contributed by atoms with Gasteiger partial charge in [0.2, 0.25) is 0 Å². The summed E-state index contributed by atoms with van der Waals surface area (Å²) in [6, 6.07) is 11.0. The second-order valence-electron chi connectivity index (χ2n) is 7.66. The van der Waals surface area contributed by atoms with Crippen molar-refractivity contribution in [1.29, 1.82) is 0 Å². The number of aromatic nitrogens is 4. The van der Waals surface area contributed by atoms with E-state index in [1.807, 2.05) is 24.8 Å². The third-order valence-corrected chi connectivity index (χ3v) is 5.74. The molecule has 3 aromatic rings. The van der Waals surface area contributed by atoms with Crippen molar-refractivity contribution in [3.05, 3.63) is 60.3 Å². The Bertz CT molecular complexity index is 858. The van der Waals surface area contributed by atoms with Gasteiger partial charge in [-0.05, 0) is 45.3 Å². The van der Waals surface area contributed by atoms with Crippen molar-refractivity contribution in [2.75, 3.05) is 13.1 Å². The lowest BCUT2D eigenvalue weighted by atomic mass is 10.1. The maximum Gasteiger partial charge on any atom is 0.0951 e. The average Bonchev–Trinajstić information content (AvgIpc) is 3.30. The third-order valence-electron chi connectivity index (χ3n) is 5.74. The van der Waals surface area contributed by atoms with Crippen molar-refractivity contribution in [2.45, 2.75) is 52.2 Å². The molecule has 142 valence electrons. The van der Waals surface area contributed by atoms with Crippen LogP contribution in [0.4, 0.5) is 0 Å². The number of piperidine rings is 1. The summed E-state index contributed by atoms with van der Waals surface area (Å²) in [5.41, 5.74) is 4.79. The number of hydrogen-bond acceptors (Lipinski definition) is 3. The van der Waals surface area contributed by atoms with Gasteiger partial charge in [-0.3, -0.25) is 9.58 Å². The maximum absolute atomic E-state index is 4.64. The molecule has 4 rings (SSSR count). The fourth-order valence-electron chi connectivity index (χ4n) is 4.06. The lowest BCUT2D eigenvalue weighted by Crippen LogP contribution is -2.39. The van der Waals surface area contributed by atoms with Gasteiger partial charge in [0, 0.05) is 23.8 Å². The molecule has 1 unspecified atom stereocenters. The summed E-state index contributed by atoms with van der Waals surface area (Å²) >= 11 is 0. The maximum atomic E-state index is 4.64. The van der Waals surface area contributed by atoms with Crippen LogP contribution in [0.2, 0.25) is 0 Å². The highest BCUT2D eigenvalue weighted by Gasteiger charge is 2.19. The Hall–Kier alpha value is -2.40. The van der Waals surface area contributed by atoms with Crippen LogP contribution in [0.3, 0.4) is 0 Å². The Morgan fingerprint density at radius 2 is 1.81 bits per heavy atom. The first-order valence-corrected chi connectivity index (χ1v) is 10.0. The summed E-state index contributed by atoms with van der Waals surface area (Å²) in [7, 11) is 0. The van der Waals surface area contributed by atoms with Gasteiger partial charge in [-0.15, -0.1) is 0 Å². The Kier molecular flexibility index (Phi) is 5.39. The molecule has 1 aliphatic rings. The highest BCUT2D eigenvalue weighted by atomic mass is 15.3. The standard InChI is InChI=1S/C22H29N5/c1-18(25-11-7-4-8-12-25)15-26-17-23-14-22(26)21-13-24-27(19(21)2)16-20-9-5-3-6-10-20/h3,5-6,9-10,13-14,17-18H,4,7-8,11-12,15-16H2,1-2H3. The lowest BCUT2D eigenvalue weighted by molar-refractivity contribution is 0.160. The summed E-state index contributed by atoms with van der Waals surface area (Å²) in [6.07, 6.45) is 9.94. The van der Waals surface area contributed by atoms with Crippen molar-refractivity contribution in [2.24, 2.45) is 0 Å². The van der Waals surface area contributed by atoms with E-state index in [9.17, 15) is 0 Å². The normalized spacial score (nSPS) is 16.5. The summed E-state index contributed by atoms with van der Waals surface area (Å²) in [5, 5.41) is 4.64. The van der Waals surface area contributed by atoms with Gasteiger partial charge in [0.25, 0.3) is 0 Å². The number of imidazole rings is 1. The Morgan fingerprint density at radius 3 is 2.59 bits per heavy atom. The fourth-order valence-corrected chi connectivity index (χ4v) is 4.06. The predicted octanol–water partition coefficient (Wildman–Crippen LogP) is 3.98. The molecule has 0 aliphatic carbocycles. The average molecular weight is 364 g/mol. The van der Waals surface area contributed by atoms with Crippen LogP contribution in [-0.2, 0) is 13.1 Å². The van der Waals surface area contributed by atoms with Crippen LogP contribution in [0, 0.1) is 6.92 Å². The zero-order chi connectivity index (χ0) is 18.6. The van der Waals surface area contributed by atoms with Gasteiger partial charge in [0.1, 0.15) is 0 Å². The molecule has 0 N–H and O–H groups in total. The Balaban J connectivity index is 1.52. The van der Waals surface area contributed by atoms with Gasteiger partial charge in [-0.25, -0.2) is 4.98 Å². The number of likely N-dealkylation sites (tertiary alicyclic amines) is 1. The van der Waals surface area contributed by atoms with Gasteiger partial charge >= 0.3 is 0 Å². The molecule has 1 aliphatic heterocycles. The highest BCUT2D eigenvalue weighted by Crippen LogP contribution is 2.24. The van der Waals surface area contributed by atoms with Gasteiger partial charge in [-0.2, -0.15) is 5.10 Å². The molecule has 0 amide bonds. The molecule has 1 fully saturated rings. The molecule has 0 saturated carbocycles. The smallest absolute Gasteiger partial charge is 0.0951 e. The van der Waals surface area contributed by atoms with E-state index in [0.29, 0.717) is 6.04 Å². The number of rotatable bonds is 6. The predicted molar refractivity (Wildman–Crippen MR) is 109 cm³/mol. The molecule has 0 radical (unpaired) electrons. The topological polar surface area (TPSA) is 38.9 Å². The molecule has 5 nitrogen and oxygen atoms in total. The Labute approximate surface area is 161 Å². The number of benzene rings is 1. The van der Waals surface area contributed by atoms with Gasteiger partial charge in [0.05, 0.1) is 31.0 Å². The molecule has 27 heavy (non-hydrogen) atoms. The molecule has 2 aromatic heterocycles. The number of nitrogens with zero attached hydrogens (tertiary/aromatic N) is 5. The molecular formula is C22H29N5. The van der Waals surface area contributed by atoms with Crippen LogP contribution in [0.25, 0.3) is 11.3 Å². The lowest BCUT2D eigenvalue weighted by Gasteiger charge is -2.32. The van der Waals surface area contributed by atoms with Gasteiger partial charge in [-0.1, -0.05) is 36.8 Å². The van der Waals surface area contributed by atoms with E-state index in [2.05, 4.69) is 62.3 Å². The van der Waals surface area contributed by atoms with Gasteiger partial charge < -0.3 is 4.57 Å². The molecule has 3 heterocycles. The fraction of sp³-hybridized carbons (Fsp3) is 0.455. The molecule has 0 bridgehead atoms. The molecule has 1 aromatic carbocycles. The van der Waals surface area contributed by atoms with Crippen molar-refractivity contribution in [3.8, 4) is 11.3 Å². The minimum absolute atomic E-state index is 0.526. The minimum atomic E-state index is 0.526. The third kappa shape index (κ3) is 3.98. The van der Waals surface area contributed by atoms with Crippen molar-refractivity contribution in [1.82, 2.24) is 24.2 Å². The van der Waals surface area contributed by atoms with Crippen LogP contribution < -0.4 is 0 Å². The zero-order valence-electron chi connectivity index (χ0n) is 16.4. The van der Waals surface area contributed by atoms with E-state index in [1.165, 1.54) is 49.2 Å². The first-order chi connectivity index (χ1) is 13.2. The molecule has 0 spiro atoms. The molecule has 1 saturated heterocycles. The van der Waals surface area contributed by atoms with E-state index in [0.717, 1.165) is 18.8 Å². The van der Waals surface area contributed by atoms with E-state index in [-0.39, 0.29) is 0 Å². The van der Waals surface area contributed by atoms with E-state index >= 15 is 0 Å². The quantitative estimate of drug-likeness (QED) is 0.665. The van der Waals surface area contributed by atoms with Crippen LogP contribution in [0.5, 0.6) is 0 Å². The van der Waals surface area contributed by atoms with Crippen molar-refractivity contribution >= 4 is 0 Å². The van der Waals surface area contributed by atoms with Crippen LogP contribution in [-0.4, -0.2) is 43.4 Å². The monoisotopic (exact) mass is 363 g/mol. The van der Waals surface area contributed by atoms with Gasteiger partial charge in [0.15, 0.2) is 0 Å². The first kappa shape index (κ1) is 18.0. The van der Waals surface area contributed by atoms with E-state index < -0.39 is 0 Å². The largest absolute Gasteiger partial charge is 0.329 e. The molecule has 1 atom stereocenters. The second kappa shape index (κ2) is 8.09. The summed E-state index contributed by atoms with van der Waals surface area (Å²) in [5.74, 6) is 0. The molecular weight excluding hydrogens is 334 g/mol. The van der Waals surface area contributed by atoms with Crippen LogP contribution >= 0.6 is 0 Å². The highest BCUT2D eigenvalue weighted by molar-refractivity contribution is 5.61.